The molecular formula is C10H13ClO2. The summed E-state index contributed by atoms with van der Waals surface area (Å²) in [5.41, 5.74) is 0.913. The molecule has 0 aliphatic heterocycles. The molecule has 0 bridgehead atoms. The lowest BCUT2D eigenvalue weighted by Gasteiger charge is -2.09. The highest BCUT2D eigenvalue weighted by Crippen LogP contribution is 2.28. The Hall–Kier alpha value is -0.730. The van der Waals surface area contributed by atoms with Crippen LogP contribution in [-0.2, 0) is 6.42 Å². The van der Waals surface area contributed by atoms with Gasteiger partial charge in [-0.05, 0) is 25.0 Å². The van der Waals surface area contributed by atoms with Gasteiger partial charge in [0.2, 0.25) is 0 Å². The van der Waals surface area contributed by atoms with E-state index < -0.39 is 0 Å². The maximum Gasteiger partial charge on any atom is 0.137 e. The van der Waals surface area contributed by atoms with Gasteiger partial charge in [0.25, 0.3) is 0 Å². The van der Waals surface area contributed by atoms with Gasteiger partial charge < -0.3 is 9.84 Å². The Morgan fingerprint density at radius 1 is 1.54 bits per heavy atom. The van der Waals surface area contributed by atoms with Crippen LogP contribution in [0.5, 0.6) is 5.75 Å². The van der Waals surface area contributed by atoms with Gasteiger partial charge in [0.05, 0.1) is 18.2 Å². The van der Waals surface area contributed by atoms with Gasteiger partial charge in [0, 0.05) is 0 Å². The first-order valence-electron chi connectivity index (χ1n) is 4.14. The zero-order chi connectivity index (χ0) is 9.84. The molecule has 0 radical (unpaired) electrons. The number of rotatable bonds is 3. The van der Waals surface area contributed by atoms with Gasteiger partial charge in [0.15, 0.2) is 0 Å². The zero-order valence-corrected chi connectivity index (χ0v) is 8.51. The van der Waals surface area contributed by atoms with Gasteiger partial charge in [-0.2, -0.15) is 0 Å². The molecule has 1 aromatic rings. The summed E-state index contributed by atoms with van der Waals surface area (Å²) in [5.74, 6) is 0.653. The molecular weight excluding hydrogens is 188 g/mol. The Bertz CT molecular complexity index is 284. The third-order valence-electron chi connectivity index (χ3n) is 1.78. The average Bonchev–Trinajstić information content (AvgIpc) is 2.08. The second-order valence-electron chi connectivity index (χ2n) is 2.99. The minimum Gasteiger partial charge on any atom is -0.495 e. The van der Waals surface area contributed by atoms with Crippen LogP contribution >= 0.6 is 11.6 Å². The minimum atomic E-state index is -0.385. The lowest BCUT2D eigenvalue weighted by Crippen LogP contribution is -2.04. The SMILES string of the molecule is COc1cccc(CC(C)O)c1Cl. The molecule has 0 heterocycles. The molecule has 0 amide bonds. The Morgan fingerprint density at radius 2 is 2.23 bits per heavy atom. The number of hydrogen-bond acceptors (Lipinski definition) is 2. The van der Waals surface area contributed by atoms with E-state index in [4.69, 9.17) is 16.3 Å². The van der Waals surface area contributed by atoms with E-state index in [1.54, 1.807) is 20.1 Å². The molecule has 2 nitrogen and oxygen atoms in total. The van der Waals surface area contributed by atoms with Crippen LogP contribution in [0.25, 0.3) is 0 Å². The molecule has 1 aromatic carbocycles. The van der Waals surface area contributed by atoms with Crippen LogP contribution in [0.3, 0.4) is 0 Å². The lowest BCUT2D eigenvalue weighted by molar-refractivity contribution is 0.195. The summed E-state index contributed by atoms with van der Waals surface area (Å²) < 4.78 is 5.05. The fraction of sp³-hybridized carbons (Fsp3) is 0.400. The maximum atomic E-state index is 9.19. The largest absolute Gasteiger partial charge is 0.495 e. The summed E-state index contributed by atoms with van der Waals surface area (Å²) in [6.45, 7) is 1.73. The van der Waals surface area contributed by atoms with E-state index in [1.807, 2.05) is 12.1 Å². The smallest absolute Gasteiger partial charge is 0.137 e. The number of aliphatic hydroxyl groups is 1. The highest BCUT2D eigenvalue weighted by Gasteiger charge is 2.07. The van der Waals surface area contributed by atoms with Crippen LogP contribution in [0.15, 0.2) is 18.2 Å². The monoisotopic (exact) mass is 200 g/mol. The number of methoxy groups -OCH3 is 1. The second kappa shape index (κ2) is 4.49. The van der Waals surface area contributed by atoms with Crippen molar-refractivity contribution < 1.29 is 9.84 Å². The van der Waals surface area contributed by atoms with E-state index in [0.29, 0.717) is 17.2 Å². The molecule has 0 saturated carbocycles. The van der Waals surface area contributed by atoms with Gasteiger partial charge in [-0.25, -0.2) is 0 Å². The number of ether oxygens (including phenoxy) is 1. The van der Waals surface area contributed by atoms with E-state index in [9.17, 15) is 5.11 Å². The predicted molar refractivity (Wildman–Crippen MR) is 53.4 cm³/mol. The molecule has 0 aromatic heterocycles. The molecule has 72 valence electrons. The van der Waals surface area contributed by atoms with E-state index in [-0.39, 0.29) is 6.10 Å². The average molecular weight is 201 g/mol. The summed E-state index contributed by atoms with van der Waals surface area (Å²) in [4.78, 5) is 0. The van der Waals surface area contributed by atoms with Gasteiger partial charge in [-0.15, -0.1) is 0 Å². The standard InChI is InChI=1S/C10H13ClO2/c1-7(12)6-8-4-3-5-9(13-2)10(8)11/h3-5,7,12H,6H2,1-2H3. The Labute approximate surface area is 83.1 Å². The first-order chi connectivity index (χ1) is 6.15. The fourth-order valence-electron chi connectivity index (χ4n) is 1.19. The van der Waals surface area contributed by atoms with Crippen molar-refractivity contribution in [3.05, 3.63) is 28.8 Å². The van der Waals surface area contributed by atoms with Crippen LogP contribution < -0.4 is 4.74 Å². The van der Waals surface area contributed by atoms with E-state index >= 15 is 0 Å². The molecule has 1 rings (SSSR count). The molecule has 0 fully saturated rings. The molecule has 0 aliphatic rings. The Morgan fingerprint density at radius 3 is 2.77 bits per heavy atom. The van der Waals surface area contributed by atoms with Crippen molar-refractivity contribution in [3.63, 3.8) is 0 Å². The summed E-state index contributed by atoms with van der Waals surface area (Å²) in [5, 5.41) is 9.78. The van der Waals surface area contributed by atoms with Gasteiger partial charge in [0.1, 0.15) is 5.75 Å². The molecule has 0 spiro atoms. The number of hydrogen-bond donors (Lipinski definition) is 1. The second-order valence-corrected chi connectivity index (χ2v) is 3.36. The third-order valence-corrected chi connectivity index (χ3v) is 2.21. The number of benzene rings is 1. The lowest BCUT2D eigenvalue weighted by atomic mass is 10.1. The first-order valence-corrected chi connectivity index (χ1v) is 4.52. The van der Waals surface area contributed by atoms with Crippen LogP contribution in [-0.4, -0.2) is 18.3 Å². The number of aliphatic hydroxyl groups excluding tert-OH is 1. The highest BCUT2D eigenvalue weighted by atomic mass is 35.5. The maximum absolute atomic E-state index is 9.19. The molecule has 0 saturated heterocycles. The summed E-state index contributed by atoms with van der Waals surface area (Å²) in [6.07, 6.45) is 0.167. The van der Waals surface area contributed by atoms with Crippen LogP contribution in [0.2, 0.25) is 5.02 Å². The topological polar surface area (TPSA) is 29.5 Å². The molecule has 1 atom stereocenters. The van der Waals surface area contributed by atoms with E-state index in [2.05, 4.69) is 0 Å². The van der Waals surface area contributed by atoms with Crippen molar-refractivity contribution >= 4 is 11.6 Å². The van der Waals surface area contributed by atoms with E-state index in [0.717, 1.165) is 5.56 Å². The normalized spacial score (nSPS) is 12.6. The molecule has 1 unspecified atom stereocenters. The van der Waals surface area contributed by atoms with Crippen molar-refractivity contribution in [3.8, 4) is 5.75 Å². The highest BCUT2D eigenvalue weighted by molar-refractivity contribution is 6.32. The van der Waals surface area contributed by atoms with Crippen LogP contribution in [0.4, 0.5) is 0 Å². The summed E-state index contributed by atoms with van der Waals surface area (Å²) in [7, 11) is 1.58. The molecule has 0 aliphatic carbocycles. The summed E-state index contributed by atoms with van der Waals surface area (Å²) in [6, 6.07) is 5.55. The Kier molecular flexibility index (Phi) is 3.58. The van der Waals surface area contributed by atoms with Crippen LogP contribution in [0, 0.1) is 0 Å². The first kappa shape index (κ1) is 10.4. The third kappa shape index (κ3) is 2.61. The molecule has 1 N–H and O–H groups in total. The van der Waals surface area contributed by atoms with Crippen molar-refractivity contribution in [1.29, 1.82) is 0 Å². The van der Waals surface area contributed by atoms with Crippen LogP contribution in [0.1, 0.15) is 12.5 Å². The molecule has 3 heteroatoms. The predicted octanol–water partition coefficient (Wildman–Crippen LogP) is 2.27. The van der Waals surface area contributed by atoms with Crippen molar-refractivity contribution in [2.45, 2.75) is 19.4 Å². The van der Waals surface area contributed by atoms with Gasteiger partial charge in [-0.1, -0.05) is 23.7 Å². The molecule has 13 heavy (non-hydrogen) atoms. The summed E-state index contributed by atoms with van der Waals surface area (Å²) >= 11 is 6.02. The Balaban J connectivity index is 2.94. The number of halogens is 1. The van der Waals surface area contributed by atoms with Crippen molar-refractivity contribution in [2.75, 3.05) is 7.11 Å². The zero-order valence-electron chi connectivity index (χ0n) is 7.75. The van der Waals surface area contributed by atoms with Gasteiger partial charge >= 0.3 is 0 Å². The van der Waals surface area contributed by atoms with Crippen molar-refractivity contribution in [1.82, 2.24) is 0 Å². The van der Waals surface area contributed by atoms with Gasteiger partial charge in [-0.3, -0.25) is 0 Å². The quantitative estimate of drug-likeness (QED) is 0.811. The van der Waals surface area contributed by atoms with E-state index in [1.165, 1.54) is 0 Å². The minimum absolute atomic E-state index is 0.385. The fourth-order valence-corrected chi connectivity index (χ4v) is 1.47. The van der Waals surface area contributed by atoms with Crippen molar-refractivity contribution in [2.24, 2.45) is 0 Å².